The number of hydrogen-bond donors (Lipinski definition) is 0. The minimum absolute atomic E-state index is 0.0431. The normalized spacial score (nSPS) is 14.3. The van der Waals surface area contributed by atoms with Crippen LogP contribution in [0.3, 0.4) is 0 Å². The highest BCUT2D eigenvalue weighted by Gasteiger charge is 2.22. The number of aryl methyl sites for hydroxylation is 1. The summed E-state index contributed by atoms with van der Waals surface area (Å²) in [5, 5.41) is 0. The third-order valence-electron chi connectivity index (χ3n) is 5.19. The molecule has 5 nitrogen and oxygen atoms in total. The van der Waals surface area contributed by atoms with E-state index in [4.69, 9.17) is 9.47 Å². The van der Waals surface area contributed by atoms with Crippen molar-refractivity contribution >= 4 is 11.6 Å². The van der Waals surface area contributed by atoms with Crippen molar-refractivity contribution in [1.82, 2.24) is 4.90 Å². The molecule has 0 spiro atoms. The van der Waals surface area contributed by atoms with Crippen LogP contribution in [0.5, 0.6) is 11.5 Å². The Morgan fingerprint density at radius 3 is 2.50 bits per heavy atom. The van der Waals surface area contributed by atoms with E-state index in [0.717, 1.165) is 41.4 Å². The van der Waals surface area contributed by atoms with E-state index in [1.54, 1.807) is 7.11 Å². The molecule has 0 aliphatic carbocycles. The number of piperazine rings is 1. The smallest absolute Gasteiger partial charge is 0.260 e. The van der Waals surface area contributed by atoms with Crippen LogP contribution in [-0.2, 0) is 4.79 Å². The highest BCUT2D eigenvalue weighted by atomic mass is 16.5. The Labute approximate surface area is 167 Å². The van der Waals surface area contributed by atoms with E-state index in [0.29, 0.717) is 19.0 Å². The maximum Gasteiger partial charge on any atom is 0.260 e. The second kappa shape index (κ2) is 9.00. The predicted molar refractivity (Wildman–Crippen MR) is 113 cm³/mol. The van der Waals surface area contributed by atoms with Crippen LogP contribution in [-0.4, -0.2) is 50.7 Å². The lowest BCUT2D eigenvalue weighted by Gasteiger charge is -2.36. The molecule has 1 heterocycles. The van der Waals surface area contributed by atoms with E-state index in [2.05, 4.69) is 36.9 Å². The third-order valence-corrected chi connectivity index (χ3v) is 5.19. The van der Waals surface area contributed by atoms with E-state index < -0.39 is 0 Å². The van der Waals surface area contributed by atoms with Crippen LogP contribution in [0.15, 0.2) is 42.5 Å². The summed E-state index contributed by atoms with van der Waals surface area (Å²) in [6, 6.07) is 14.2. The lowest BCUT2D eigenvalue weighted by molar-refractivity contribution is -0.133. The maximum absolute atomic E-state index is 12.6. The fraction of sp³-hybridized carbons (Fsp3) is 0.435. The van der Waals surface area contributed by atoms with Gasteiger partial charge in [-0.15, -0.1) is 0 Å². The van der Waals surface area contributed by atoms with Gasteiger partial charge < -0.3 is 19.3 Å². The molecule has 0 saturated carbocycles. The standard InChI is InChI=1S/C23H30N2O3/c1-17(2)21-9-8-18(3)14-22(21)28-16-23(26)25-12-10-24(11-13-25)19-6-5-7-20(15-19)27-4/h5-9,14-15,17H,10-13,16H2,1-4H3. The van der Waals surface area contributed by atoms with Crippen LogP contribution in [0.1, 0.15) is 30.9 Å². The molecule has 2 aromatic carbocycles. The van der Waals surface area contributed by atoms with Gasteiger partial charge in [-0.3, -0.25) is 4.79 Å². The van der Waals surface area contributed by atoms with Gasteiger partial charge in [0.05, 0.1) is 7.11 Å². The molecule has 1 fully saturated rings. The SMILES string of the molecule is COc1cccc(N2CCN(C(=O)COc3cc(C)ccc3C(C)C)CC2)c1. The number of hydrogen-bond acceptors (Lipinski definition) is 4. The van der Waals surface area contributed by atoms with Crippen molar-refractivity contribution in [3.8, 4) is 11.5 Å². The summed E-state index contributed by atoms with van der Waals surface area (Å²) >= 11 is 0. The Morgan fingerprint density at radius 1 is 1.07 bits per heavy atom. The first-order valence-corrected chi connectivity index (χ1v) is 9.88. The predicted octanol–water partition coefficient (Wildman–Crippen LogP) is 3.85. The van der Waals surface area contributed by atoms with E-state index in [1.807, 2.05) is 36.1 Å². The zero-order valence-electron chi connectivity index (χ0n) is 17.3. The summed E-state index contributed by atoms with van der Waals surface area (Å²) in [4.78, 5) is 16.8. The van der Waals surface area contributed by atoms with Gasteiger partial charge in [-0.2, -0.15) is 0 Å². The minimum Gasteiger partial charge on any atom is -0.497 e. The Balaban J connectivity index is 1.55. The molecule has 0 atom stereocenters. The topological polar surface area (TPSA) is 42.0 Å². The molecule has 0 radical (unpaired) electrons. The Hall–Kier alpha value is -2.69. The molecule has 1 aliphatic rings. The minimum atomic E-state index is 0.0431. The van der Waals surface area contributed by atoms with E-state index in [1.165, 1.54) is 0 Å². The Kier molecular flexibility index (Phi) is 6.45. The highest BCUT2D eigenvalue weighted by Crippen LogP contribution is 2.27. The van der Waals surface area contributed by atoms with Crippen LogP contribution < -0.4 is 14.4 Å². The molecule has 0 unspecified atom stereocenters. The fourth-order valence-electron chi connectivity index (χ4n) is 3.50. The van der Waals surface area contributed by atoms with Crippen molar-refractivity contribution in [1.29, 1.82) is 0 Å². The molecule has 0 N–H and O–H groups in total. The van der Waals surface area contributed by atoms with Gasteiger partial charge in [0, 0.05) is 37.9 Å². The molecule has 1 saturated heterocycles. The number of anilines is 1. The lowest BCUT2D eigenvalue weighted by atomic mass is 10.0. The molecule has 0 aromatic heterocycles. The van der Waals surface area contributed by atoms with Gasteiger partial charge in [0.2, 0.25) is 0 Å². The average molecular weight is 383 g/mol. The van der Waals surface area contributed by atoms with Crippen LogP contribution in [0, 0.1) is 6.92 Å². The van der Waals surface area contributed by atoms with Gasteiger partial charge in [0.1, 0.15) is 11.5 Å². The lowest BCUT2D eigenvalue weighted by Crippen LogP contribution is -2.50. The fourth-order valence-corrected chi connectivity index (χ4v) is 3.50. The van der Waals surface area contributed by atoms with Gasteiger partial charge >= 0.3 is 0 Å². The second-order valence-electron chi connectivity index (χ2n) is 7.55. The quantitative estimate of drug-likeness (QED) is 0.761. The molecule has 5 heteroatoms. The first kappa shape index (κ1) is 20.1. The van der Waals surface area contributed by atoms with E-state index >= 15 is 0 Å². The number of amides is 1. The van der Waals surface area contributed by atoms with E-state index in [-0.39, 0.29) is 12.5 Å². The molecule has 28 heavy (non-hydrogen) atoms. The number of ether oxygens (including phenoxy) is 2. The zero-order valence-corrected chi connectivity index (χ0v) is 17.3. The van der Waals surface area contributed by atoms with Crippen molar-refractivity contribution in [2.45, 2.75) is 26.7 Å². The van der Waals surface area contributed by atoms with Gasteiger partial charge in [0.25, 0.3) is 5.91 Å². The van der Waals surface area contributed by atoms with Crippen LogP contribution in [0.25, 0.3) is 0 Å². The summed E-state index contributed by atoms with van der Waals surface area (Å²) in [5.41, 5.74) is 3.41. The van der Waals surface area contributed by atoms with Crippen molar-refractivity contribution in [3.63, 3.8) is 0 Å². The average Bonchev–Trinajstić information content (AvgIpc) is 2.72. The number of methoxy groups -OCH3 is 1. The van der Waals surface area contributed by atoms with Crippen molar-refractivity contribution in [2.24, 2.45) is 0 Å². The highest BCUT2D eigenvalue weighted by molar-refractivity contribution is 5.78. The maximum atomic E-state index is 12.6. The largest absolute Gasteiger partial charge is 0.497 e. The van der Waals surface area contributed by atoms with Gasteiger partial charge in [0.15, 0.2) is 6.61 Å². The van der Waals surface area contributed by atoms with E-state index in [9.17, 15) is 4.79 Å². The number of rotatable bonds is 6. The molecular weight excluding hydrogens is 352 g/mol. The Morgan fingerprint density at radius 2 is 1.82 bits per heavy atom. The molecule has 0 bridgehead atoms. The summed E-state index contributed by atoms with van der Waals surface area (Å²) in [7, 11) is 1.68. The van der Waals surface area contributed by atoms with Crippen molar-refractivity contribution in [2.75, 3.05) is 44.8 Å². The van der Waals surface area contributed by atoms with Crippen molar-refractivity contribution in [3.05, 3.63) is 53.6 Å². The molecule has 3 rings (SSSR count). The second-order valence-corrected chi connectivity index (χ2v) is 7.55. The third kappa shape index (κ3) is 4.77. The number of carbonyl (C=O) groups excluding carboxylic acids is 1. The molecule has 1 amide bonds. The summed E-state index contributed by atoms with van der Waals surface area (Å²) in [5.74, 6) is 2.07. The van der Waals surface area contributed by atoms with Crippen LogP contribution in [0.2, 0.25) is 0 Å². The first-order valence-electron chi connectivity index (χ1n) is 9.88. The van der Waals surface area contributed by atoms with Gasteiger partial charge in [-0.1, -0.05) is 32.0 Å². The summed E-state index contributed by atoms with van der Waals surface area (Å²) in [6.45, 7) is 9.41. The van der Waals surface area contributed by atoms with Gasteiger partial charge in [-0.05, 0) is 42.2 Å². The van der Waals surface area contributed by atoms with Crippen molar-refractivity contribution < 1.29 is 14.3 Å². The molecular formula is C23H30N2O3. The Bertz CT molecular complexity index is 811. The zero-order chi connectivity index (χ0) is 20.1. The van der Waals surface area contributed by atoms with Crippen LogP contribution >= 0.6 is 0 Å². The van der Waals surface area contributed by atoms with Crippen LogP contribution in [0.4, 0.5) is 5.69 Å². The first-order chi connectivity index (χ1) is 13.5. The molecule has 1 aliphatic heterocycles. The number of carbonyl (C=O) groups is 1. The van der Waals surface area contributed by atoms with Gasteiger partial charge in [-0.25, -0.2) is 0 Å². The number of nitrogens with zero attached hydrogens (tertiary/aromatic N) is 2. The molecule has 150 valence electrons. The summed E-state index contributed by atoms with van der Waals surface area (Å²) in [6.07, 6.45) is 0. The summed E-state index contributed by atoms with van der Waals surface area (Å²) < 4.78 is 11.2. The molecule has 2 aromatic rings. The number of benzene rings is 2. The monoisotopic (exact) mass is 382 g/mol.